The minimum Gasteiger partial charge on any atom is -0.268 e. The van der Waals surface area contributed by atoms with Gasteiger partial charge in [0, 0.05) is 12.4 Å². The van der Waals surface area contributed by atoms with E-state index in [-0.39, 0.29) is 11.2 Å². The molecular weight excluding hydrogens is 191 g/mol. The van der Waals surface area contributed by atoms with E-state index in [1.807, 2.05) is 33.9 Å². The van der Waals surface area contributed by atoms with E-state index in [0.29, 0.717) is 0 Å². The minimum atomic E-state index is -0.178. The van der Waals surface area contributed by atoms with Crippen LogP contribution in [0.4, 0.5) is 4.39 Å². The van der Waals surface area contributed by atoms with E-state index in [1.165, 1.54) is 0 Å². The molecule has 0 fully saturated rings. The fraction of sp³-hybridized carbons (Fsp3) is 0.417. The van der Waals surface area contributed by atoms with Crippen LogP contribution in [0, 0.1) is 5.82 Å². The third-order valence-electron chi connectivity index (χ3n) is 2.64. The first-order valence-electron chi connectivity index (χ1n) is 5.01. The fourth-order valence-corrected chi connectivity index (χ4v) is 1.75. The first kappa shape index (κ1) is 10.1. The van der Waals surface area contributed by atoms with E-state index in [1.54, 1.807) is 16.9 Å². The average molecular weight is 206 g/mol. The summed E-state index contributed by atoms with van der Waals surface area (Å²) in [6.07, 6.45) is 1.69. The lowest BCUT2D eigenvalue weighted by Gasteiger charge is -2.19. The number of fused-ring (bicyclic) bond motifs is 1. The summed E-state index contributed by atoms with van der Waals surface area (Å²) in [5.41, 5.74) is 1.53. The highest BCUT2D eigenvalue weighted by molar-refractivity contribution is 5.79. The second-order valence-corrected chi connectivity index (χ2v) is 4.91. The molecule has 0 aliphatic carbocycles. The Morgan fingerprint density at radius 1 is 1.27 bits per heavy atom. The van der Waals surface area contributed by atoms with Crippen molar-refractivity contribution in [1.82, 2.24) is 9.78 Å². The Kier molecular flexibility index (Phi) is 2.07. The molecule has 0 unspecified atom stereocenters. The Balaban J connectivity index is 2.76. The number of nitrogens with zero attached hydrogens (tertiary/aromatic N) is 2. The normalized spacial score (nSPS) is 12.3. The van der Waals surface area contributed by atoms with Crippen LogP contribution in [0.2, 0.25) is 0 Å². The largest absolute Gasteiger partial charge is 0.268 e. The van der Waals surface area contributed by atoms with Gasteiger partial charge in [0.1, 0.15) is 5.82 Å². The topological polar surface area (TPSA) is 17.8 Å². The molecule has 2 rings (SSSR count). The van der Waals surface area contributed by atoms with Gasteiger partial charge in [0.2, 0.25) is 0 Å². The third kappa shape index (κ3) is 1.62. The molecular formula is C12H15FN2. The van der Waals surface area contributed by atoms with Gasteiger partial charge in [-0.1, -0.05) is 20.8 Å². The number of benzene rings is 1. The average Bonchev–Trinajstić information content (AvgIpc) is 2.44. The van der Waals surface area contributed by atoms with Crippen molar-refractivity contribution in [2.45, 2.75) is 26.2 Å². The zero-order valence-electron chi connectivity index (χ0n) is 9.50. The molecule has 1 aromatic carbocycles. The minimum absolute atomic E-state index is 0.150. The highest BCUT2D eigenvalue weighted by atomic mass is 19.1. The van der Waals surface area contributed by atoms with Crippen LogP contribution in [-0.4, -0.2) is 9.78 Å². The molecule has 1 heterocycles. The summed E-state index contributed by atoms with van der Waals surface area (Å²) in [6, 6.07) is 3.45. The van der Waals surface area contributed by atoms with Crippen molar-refractivity contribution in [2.24, 2.45) is 7.05 Å². The van der Waals surface area contributed by atoms with E-state index in [9.17, 15) is 4.39 Å². The number of halogens is 1. The summed E-state index contributed by atoms with van der Waals surface area (Å²) >= 11 is 0. The van der Waals surface area contributed by atoms with Gasteiger partial charge in [-0.15, -0.1) is 0 Å². The number of aromatic nitrogens is 2. The predicted octanol–water partition coefficient (Wildman–Crippen LogP) is 3.01. The molecule has 0 spiro atoms. The highest BCUT2D eigenvalue weighted by Crippen LogP contribution is 2.28. The molecule has 0 atom stereocenters. The Morgan fingerprint density at radius 2 is 1.93 bits per heavy atom. The molecule has 0 bridgehead atoms. The molecule has 0 aliphatic heterocycles. The van der Waals surface area contributed by atoms with Crippen LogP contribution in [0.15, 0.2) is 18.3 Å². The Morgan fingerprint density at radius 3 is 2.53 bits per heavy atom. The molecule has 80 valence electrons. The Labute approximate surface area is 88.7 Å². The van der Waals surface area contributed by atoms with Gasteiger partial charge in [0.25, 0.3) is 0 Å². The maximum Gasteiger partial charge on any atom is 0.127 e. The maximum atomic E-state index is 13.8. The van der Waals surface area contributed by atoms with Crippen LogP contribution >= 0.6 is 0 Å². The number of rotatable bonds is 0. The lowest BCUT2D eigenvalue weighted by Crippen LogP contribution is -2.13. The summed E-state index contributed by atoms with van der Waals surface area (Å²) in [5, 5.41) is 4.96. The molecule has 0 saturated carbocycles. The van der Waals surface area contributed by atoms with Crippen molar-refractivity contribution < 1.29 is 4.39 Å². The maximum absolute atomic E-state index is 13.8. The molecule has 2 aromatic rings. The van der Waals surface area contributed by atoms with Crippen LogP contribution in [-0.2, 0) is 12.5 Å². The van der Waals surface area contributed by atoms with E-state index in [4.69, 9.17) is 0 Å². The van der Waals surface area contributed by atoms with Crippen molar-refractivity contribution in [2.75, 3.05) is 0 Å². The first-order chi connectivity index (χ1) is 6.89. The second kappa shape index (κ2) is 3.05. The van der Waals surface area contributed by atoms with Crippen molar-refractivity contribution in [1.29, 1.82) is 0 Å². The van der Waals surface area contributed by atoms with Gasteiger partial charge in [-0.2, -0.15) is 5.10 Å². The van der Waals surface area contributed by atoms with E-state index in [0.717, 1.165) is 16.5 Å². The smallest absolute Gasteiger partial charge is 0.127 e. The first-order valence-corrected chi connectivity index (χ1v) is 5.01. The van der Waals surface area contributed by atoms with Crippen molar-refractivity contribution >= 4 is 10.9 Å². The monoisotopic (exact) mass is 206 g/mol. The molecule has 1 aromatic heterocycles. The zero-order chi connectivity index (χ0) is 11.2. The van der Waals surface area contributed by atoms with Crippen molar-refractivity contribution in [3.8, 4) is 0 Å². The summed E-state index contributed by atoms with van der Waals surface area (Å²) in [7, 11) is 1.87. The second-order valence-electron chi connectivity index (χ2n) is 4.91. The van der Waals surface area contributed by atoms with Crippen LogP contribution in [0.25, 0.3) is 10.9 Å². The van der Waals surface area contributed by atoms with Crippen molar-refractivity contribution in [3.63, 3.8) is 0 Å². The predicted molar refractivity (Wildman–Crippen MR) is 59.4 cm³/mol. The van der Waals surface area contributed by atoms with Crippen LogP contribution in [0.5, 0.6) is 0 Å². The molecule has 2 nitrogen and oxygen atoms in total. The van der Waals surface area contributed by atoms with Gasteiger partial charge in [-0.25, -0.2) is 4.39 Å². The highest BCUT2D eigenvalue weighted by Gasteiger charge is 2.19. The Hall–Kier alpha value is -1.38. The summed E-state index contributed by atoms with van der Waals surface area (Å²) in [6.45, 7) is 6.02. The SMILES string of the molecule is Cn1ncc2cc(F)c(C(C)(C)C)cc21. The molecule has 15 heavy (non-hydrogen) atoms. The van der Waals surface area contributed by atoms with E-state index < -0.39 is 0 Å². The number of hydrogen-bond donors (Lipinski definition) is 0. The fourth-order valence-electron chi connectivity index (χ4n) is 1.75. The van der Waals surface area contributed by atoms with Gasteiger partial charge in [0.05, 0.1) is 11.7 Å². The zero-order valence-corrected chi connectivity index (χ0v) is 9.50. The van der Waals surface area contributed by atoms with Gasteiger partial charge >= 0.3 is 0 Å². The molecule has 0 amide bonds. The summed E-state index contributed by atoms with van der Waals surface area (Å²) < 4.78 is 15.6. The lowest BCUT2D eigenvalue weighted by atomic mass is 9.86. The van der Waals surface area contributed by atoms with E-state index >= 15 is 0 Å². The molecule has 0 aliphatic rings. The number of hydrogen-bond acceptors (Lipinski definition) is 1. The quantitative estimate of drug-likeness (QED) is 0.648. The molecule has 3 heteroatoms. The standard InChI is InChI=1S/C12H15FN2/c1-12(2,3)9-6-11-8(5-10(9)13)7-14-15(11)4/h5-7H,1-4H3. The van der Waals surface area contributed by atoms with E-state index in [2.05, 4.69) is 5.10 Å². The molecule has 0 saturated heterocycles. The van der Waals surface area contributed by atoms with Crippen molar-refractivity contribution in [3.05, 3.63) is 29.7 Å². The van der Waals surface area contributed by atoms with Gasteiger partial charge in [-0.05, 0) is 23.1 Å². The molecule has 0 radical (unpaired) electrons. The van der Waals surface area contributed by atoms with Crippen LogP contribution in [0.3, 0.4) is 0 Å². The van der Waals surface area contributed by atoms with Crippen LogP contribution < -0.4 is 0 Å². The van der Waals surface area contributed by atoms with Gasteiger partial charge < -0.3 is 0 Å². The van der Waals surface area contributed by atoms with Gasteiger partial charge in [-0.3, -0.25) is 4.68 Å². The summed E-state index contributed by atoms with van der Waals surface area (Å²) in [4.78, 5) is 0. The number of aryl methyl sites for hydroxylation is 1. The third-order valence-corrected chi connectivity index (χ3v) is 2.64. The Bertz CT molecular complexity index is 506. The lowest BCUT2D eigenvalue weighted by molar-refractivity contribution is 0.524. The van der Waals surface area contributed by atoms with Crippen LogP contribution in [0.1, 0.15) is 26.3 Å². The molecule has 0 N–H and O–H groups in total. The van der Waals surface area contributed by atoms with Gasteiger partial charge in [0.15, 0.2) is 0 Å². The summed E-state index contributed by atoms with van der Waals surface area (Å²) in [5.74, 6) is -0.150.